The van der Waals surface area contributed by atoms with E-state index in [0.717, 1.165) is 0 Å². The molecule has 1 heterocycles. The van der Waals surface area contributed by atoms with Gasteiger partial charge < -0.3 is 4.57 Å². The van der Waals surface area contributed by atoms with Gasteiger partial charge in [0.2, 0.25) is 0 Å². The summed E-state index contributed by atoms with van der Waals surface area (Å²) in [6.07, 6.45) is 1.24. The average Bonchev–Trinajstić information content (AvgIpc) is 2.58. The quantitative estimate of drug-likeness (QED) is 0.562. The van der Waals surface area contributed by atoms with Gasteiger partial charge in [-0.05, 0) is 23.5 Å². The van der Waals surface area contributed by atoms with Crippen molar-refractivity contribution in [3.8, 4) is 0 Å². The summed E-state index contributed by atoms with van der Waals surface area (Å²) >= 11 is 0. The smallest absolute Gasteiger partial charge is 0.0258 e. The molecule has 0 bridgehead atoms. The van der Waals surface area contributed by atoms with E-state index in [1.165, 1.54) is 12.1 Å². The molecule has 0 fully saturated rings. The van der Waals surface area contributed by atoms with Gasteiger partial charge in [0, 0.05) is 24.9 Å². The summed E-state index contributed by atoms with van der Waals surface area (Å²) in [6, 6.07) is 0. The summed E-state index contributed by atoms with van der Waals surface area (Å²) in [4.78, 5) is 0. The molecule has 1 heteroatoms. The van der Waals surface area contributed by atoms with Crippen LogP contribution in [0.5, 0.6) is 0 Å². The molecular formula is C11H17N. The van der Waals surface area contributed by atoms with Gasteiger partial charge in [0.05, 0.1) is 0 Å². The molecule has 0 radical (unpaired) electrons. The fourth-order valence-corrected chi connectivity index (χ4v) is 2.26. The van der Waals surface area contributed by atoms with Gasteiger partial charge in [-0.3, -0.25) is 0 Å². The second-order valence-electron chi connectivity index (χ2n) is 4.87. The number of nitrogens with zero attached hydrogens (tertiary/aromatic N) is 1. The zero-order valence-corrected chi connectivity index (χ0v) is 8.65. The molecule has 1 aliphatic rings. The van der Waals surface area contributed by atoms with Crippen molar-refractivity contribution < 1.29 is 0 Å². The molecule has 1 aromatic rings. The van der Waals surface area contributed by atoms with Gasteiger partial charge >= 0.3 is 0 Å². The van der Waals surface area contributed by atoms with Crippen LogP contribution >= 0.6 is 0 Å². The first kappa shape index (κ1) is 7.90. The van der Waals surface area contributed by atoms with Crippen LogP contribution in [-0.2, 0) is 18.9 Å². The van der Waals surface area contributed by atoms with E-state index in [9.17, 15) is 0 Å². The molecule has 1 aliphatic carbocycles. The highest BCUT2D eigenvalue weighted by Gasteiger charge is 2.34. The molecule has 12 heavy (non-hydrogen) atoms. The Balaban J connectivity index is 2.60. The molecule has 0 saturated carbocycles. The highest BCUT2D eigenvalue weighted by molar-refractivity contribution is 5.54. The van der Waals surface area contributed by atoms with E-state index in [0.29, 0.717) is 5.41 Å². The first-order valence-electron chi connectivity index (χ1n) is 4.60. The Bertz CT molecular complexity index is 337. The number of hydrogen-bond donors (Lipinski definition) is 0. The van der Waals surface area contributed by atoms with Crippen molar-refractivity contribution in [3.63, 3.8) is 0 Å². The first-order valence-corrected chi connectivity index (χ1v) is 4.60. The third kappa shape index (κ3) is 0.855. The summed E-state index contributed by atoms with van der Waals surface area (Å²) < 4.78 is 2.34. The van der Waals surface area contributed by atoms with Crippen LogP contribution < -0.4 is 0 Å². The minimum atomic E-state index is 0.325. The highest BCUT2D eigenvalue weighted by atomic mass is 15.0. The van der Waals surface area contributed by atoms with Gasteiger partial charge in [-0.1, -0.05) is 20.8 Å². The Kier molecular flexibility index (Phi) is 1.29. The Morgan fingerprint density at radius 1 is 1.25 bits per heavy atom. The Labute approximate surface area is 74.4 Å². The van der Waals surface area contributed by atoms with Crippen LogP contribution in [0, 0.1) is 6.92 Å². The predicted molar refractivity (Wildman–Crippen MR) is 51.7 cm³/mol. The molecule has 0 aliphatic heterocycles. The van der Waals surface area contributed by atoms with Crippen molar-refractivity contribution in [3.05, 3.63) is 22.5 Å². The predicted octanol–water partition coefficient (Wildman–Crippen LogP) is 2.54. The maximum absolute atomic E-state index is 2.34. The van der Waals surface area contributed by atoms with E-state index in [1.54, 1.807) is 16.8 Å². The molecule has 0 amide bonds. The van der Waals surface area contributed by atoms with Crippen molar-refractivity contribution in [2.75, 3.05) is 0 Å². The lowest BCUT2D eigenvalue weighted by molar-refractivity contribution is 0.578. The lowest BCUT2D eigenvalue weighted by atomic mass is 9.86. The van der Waals surface area contributed by atoms with E-state index in [1.807, 2.05) is 0 Å². The number of fused-ring (bicyclic) bond motifs is 1. The van der Waals surface area contributed by atoms with Crippen LogP contribution in [0.3, 0.4) is 0 Å². The largest absolute Gasteiger partial charge is 0.351 e. The number of rotatable bonds is 0. The zero-order chi connectivity index (χ0) is 9.09. The molecule has 0 atom stereocenters. The van der Waals surface area contributed by atoms with Crippen molar-refractivity contribution in [2.24, 2.45) is 7.05 Å². The monoisotopic (exact) mass is 163 g/mol. The van der Waals surface area contributed by atoms with Gasteiger partial charge in [-0.15, -0.1) is 0 Å². The molecular weight excluding hydrogens is 146 g/mol. The topological polar surface area (TPSA) is 4.93 Å². The second-order valence-corrected chi connectivity index (χ2v) is 4.87. The van der Waals surface area contributed by atoms with Crippen molar-refractivity contribution >= 4 is 0 Å². The van der Waals surface area contributed by atoms with Crippen molar-refractivity contribution in [1.82, 2.24) is 4.57 Å². The summed E-state index contributed by atoms with van der Waals surface area (Å²) in [5.74, 6) is 0. The Morgan fingerprint density at radius 2 is 1.83 bits per heavy atom. The Morgan fingerprint density at radius 3 is 2.08 bits per heavy atom. The fraction of sp³-hybridized carbons (Fsp3) is 0.636. The molecule has 1 nitrogen and oxygen atoms in total. The molecule has 0 N–H and O–H groups in total. The van der Waals surface area contributed by atoms with E-state index in [4.69, 9.17) is 0 Å². The molecule has 2 rings (SSSR count). The minimum Gasteiger partial charge on any atom is -0.351 e. The zero-order valence-electron chi connectivity index (χ0n) is 8.65. The van der Waals surface area contributed by atoms with E-state index >= 15 is 0 Å². The van der Waals surface area contributed by atoms with Gasteiger partial charge in [0.1, 0.15) is 0 Å². The lowest BCUT2D eigenvalue weighted by Gasteiger charge is -2.20. The maximum Gasteiger partial charge on any atom is 0.0258 e. The first-order chi connectivity index (χ1) is 5.43. The highest BCUT2D eigenvalue weighted by Crippen LogP contribution is 2.42. The third-order valence-corrected chi connectivity index (χ3v) is 2.89. The normalized spacial score (nSPS) is 14.8. The molecule has 0 spiro atoms. The van der Waals surface area contributed by atoms with Crippen LogP contribution in [0.4, 0.5) is 0 Å². The average molecular weight is 163 g/mol. The Hall–Kier alpha value is -0.720. The van der Waals surface area contributed by atoms with Crippen molar-refractivity contribution in [1.29, 1.82) is 0 Å². The van der Waals surface area contributed by atoms with Crippen LogP contribution in [0.25, 0.3) is 0 Å². The maximum atomic E-state index is 2.34. The van der Waals surface area contributed by atoms with Gasteiger partial charge in [-0.25, -0.2) is 0 Å². The minimum absolute atomic E-state index is 0.325. The molecule has 1 aromatic heterocycles. The summed E-state index contributed by atoms with van der Waals surface area (Å²) in [5, 5.41) is 0. The van der Waals surface area contributed by atoms with E-state index in [-0.39, 0.29) is 0 Å². The third-order valence-electron chi connectivity index (χ3n) is 2.89. The summed E-state index contributed by atoms with van der Waals surface area (Å²) in [7, 11) is 2.18. The standard InChI is InChI=1S/C11H17N/c1-7-10(11(2,3)4)8-6-9(8)12(7)5/h6H2,1-5H3. The van der Waals surface area contributed by atoms with Gasteiger partial charge in [-0.2, -0.15) is 0 Å². The molecule has 0 aromatic carbocycles. The number of hydrogen-bond acceptors (Lipinski definition) is 0. The second kappa shape index (κ2) is 1.95. The molecule has 0 unspecified atom stereocenters. The summed E-state index contributed by atoms with van der Waals surface area (Å²) in [5.41, 5.74) is 6.53. The lowest BCUT2D eigenvalue weighted by Crippen LogP contribution is -2.14. The van der Waals surface area contributed by atoms with E-state index in [2.05, 4.69) is 39.3 Å². The number of aromatic nitrogens is 1. The van der Waals surface area contributed by atoms with Gasteiger partial charge in [0.15, 0.2) is 0 Å². The van der Waals surface area contributed by atoms with Gasteiger partial charge in [0.25, 0.3) is 0 Å². The van der Waals surface area contributed by atoms with Crippen LogP contribution in [0.15, 0.2) is 0 Å². The van der Waals surface area contributed by atoms with E-state index < -0.39 is 0 Å². The summed E-state index contributed by atoms with van der Waals surface area (Å²) in [6.45, 7) is 9.13. The van der Waals surface area contributed by atoms with Crippen LogP contribution in [-0.4, -0.2) is 4.57 Å². The SMILES string of the molecule is Cc1c(C(C)(C)C)c2c(n1C)C2. The molecule has 66 valence electrons. The van der Waals surface area contributed by atoms with Crippen LogP contribution in [0.1, 0.15) is 43.3 Å². The van der Waals surface area contributed by atoms with Crippen LogP contribution in [0.2, 0.25) is 0 Å². The fourth-order valence-electron chi connectivity index (χ4n) is 2.26. The van der Waals surface area contributed by atoms with Crippen molar-refractivity contribution in [2.45, 2.75) is 39.5 Å². The molecule has 0 saturated heterocycles.